The van der Waals surface area contributed by atoms with E-state index in [1.54, 1.807) is 17.1 Å². The van der Waals surface area contributed by atoms with Gasteiger partial charge >= 0.3 is 0 Å². The first-order valence-corrected chi connectivity index (χ1v) is 3.97. The first-order valence-electron chi connectivity index (χ1n) is 3.97. The van der Waals surface area contributed by atoms with E-state index in [1.807, 2.05) is 24.3 Å². The summed E-state index contributed by atoms with van der Waals surface area (Å²) in [5, 5.41) is 16.6. The van der Waals surface area contributed by atoms with Crippen LogP contribution in [0.25, 0.3) is 5.69 Å². The van der Waals surface area contributed by atoms with Gasteiger partial charge in [0.25, 0.3) is 0 Å². The fourth-order valence-corrected chi connectivity index (χ4v) is 1.20. The zero-order valence-corrected chi connectivity index (χ0v) is 6.96. The molecule has 13 heavy (non-hydrogen) atoms. The van der Waals surface area contributed by atoms with Crippen LogP contribution < -0.4 is 0 Å². The minimum atomic E-state index is 0.00995. The van der Waals surface area contributed by atoms with Crippen LogP contribution in [0.5, 0.6) is 0 Å². The Morgan fingerprint density at radius 3 is 2.85 bits per heavy atom. The monoisotopic (exact) mass is 175 g/mol. The van der Waals surface area contributed by atoms with Crippen LogP contribution in [0.2, 0.25) is 0 Å². The first-order chi connectivity index (χ1) is 6.42. The van der Waals surface area contributed by atoms with Gasteiger partial charge in [-0.1, -0.05) is 23.4 Å². The zero-order valence-electron chi connectivity index (χ0n) is 6.96. The summed E-state index contributed by atoms with van der Waals surface area (Å²) in [5.74, 6) is 0. The number of aliphatic hydroxyl groups excluding tert-OH is 1. The van der Waals surface area contributed by atoms with Gasteiger partial charge in [0.1, 0.15) is 0 Å². The van der Waals surface area contributed by atoms with Gasteiger partial charge in [-0.05, 0) is 6.07 Å². The number of benzene rings is 1. The summed E-state index contributed by atoms with van der Waals surface area (Å²) in [4.78, 5) is 0. The third-order valence-corrected chi connectivity index (χ3v) is 1.83. The maximum absolute atomic E-state index is 9.06. The normalized spacial score (nSPS) is 10.2. The number of hydrogen-bond acceptors (Lipinski definition) is 3. The summed E-state index contributed by atoms with van der Waals surface area (Å²) in [7, 11) is 0. The number of nitrogens with zero attached hydrogens (tertiary/aromatic N) is 3. The van der Waals surface area contributed by atoms with Crippen LogP contribution in [0.1, 0.15) is 5.56 Å². The minimum Gasteiger partial charge on any atom is -0.392 e. The van der Waals surface area contributed by atoms with Gasteiger partial charge in [-0.2, -0.15) is 0 Å². The van der Waals surface area contributed by atoms with Crippen LogP contribution in [0.4, 0.5) is 0 Å². The van der Waals surface area contributed by atoms with Gasteiger partial charge < -0.3 is 5.11 Å². The maximum atomic E-state index is 9.06. The molecular weight excluding hydrogens is 166 g/mol. The molecule has 4 nitrogen and oxygen atoms in total. The average molecular weight is 175 g/mol. The van der Waals surface area contributed by atoms with Gasteiger partial charge in [-0.3, -0.25) is 0 Å². The van der Waals surface area contributed by atoms with E-state index < -0.39 is 0 Å². The zero-order chi connectivity index (χ0) is 9.10. The van der Waals surface area contributed by atoms with Crippen molar-refractivity contribution in [2.75, 3.05) is 0 Å². The second-order valence-electron chi connectivity index (χ2n) is 2.63. The van der Waals surface area contributed by atoms with Crippen molar-refractivity contribution in [2.45, 2.75) is 6.61 Å². The van der Waals surface area contributed by atoms with Gasteiger partial charge in [0.15, 0.2) is 0 Å². The Bertz CT molecular complexity index is 384. The molecule has 0 saturated carbocycles. The lowest BCUT2D eigenvalue weighted by molar-refractivity contribution is 0.281. The van der Waals surface area contributed by atoms with E-state index in [2.05, 4.69) is 10.3 Å². The molecule has 2 aromatic rings. The smallest absolute Gasteiger partial charge is 0.0718 e. The van der Waals surface area contributed by atoms with Gasteiger partial charge in [-0.25, -0.2) is 4.68 Å². The number of rotatable bonds is 2. The molecule has 2 rings (SSSR count). The van der Waals surface area contributed by atoms with Crippen molar-refractivity contribution in [3.63, 3.8) is 0 Å². The summed E-state index contributed by atoms with van der Waals surface area (Å²) in [6.45, 7) is 0.00995. The van der Waals surface area contributed by atoms with Crippen molar-refractivity contribution >= 4 is 0 Å². The lowest BCUT2D eigenvalue weighted by Gasteiger charge is -2.04. The predicted octanol–water partition coefficient (Wildman–Crippen LogP) is 0.760. The van der Waals surface area contributed by atoms with Gasteiger partial charge in [0.2, 0.25) is 0 Å². The Morgan fingerprint density at radius 1 is 1.31 bits per heavy atom. The standard InChI is InChI=1S/C9H9N3O/c13-7-8-3-1-2-4-9(8)12-6-5-10-11-12/h1-6,13H,7H2. The molecule has 0 spiro atoms. The molecule has 0 atom stereocenters. The molecule has 0 fully saturated rings. The van der Waals surface area contributed by atoms with Crippen LogP contribution in [0.3, 0.4) is 0 Å². The predicted molar refractivity (Wildman–Crippen MR) is 47.3 cm³/mol. The molecule has 0 saturated heterocycles. The van der Waals surface area contributed by atoms with Crippen LogP contribution in [-0.2, 0) is 6.61 Å². The van der Waals surface area contributed by atoms with E-state index in [1.165, 1.54) is 0 Å². The molecule has 66 valence electrons. The molecule has 0 aliphatic carbocycles. The van der Waals surface area contributed by atoms with Crippen LogP contribution in [0.15, 0.2) is 36.7 Å². The fourth-order valence-electron chi connectivity index (χ4n) is 1.20. The third kappa shape index (κ3) is 1.43. The van der Waals surface area contributed by atoms with Crippen molar-refractivity contribution in [3.05, 3.63) is 42.2 Å². The van der Waals surface area contributed by atoms with E-state index in [0.717, 1.165) is 11.3 Å². The van der Waals surface area contributed by atoms with Crippen molar-refractivity contribution in [3.8, 4) is 5.69 Å². The summed E-state index contributed by atoms with van der Waals surface area (Å²) >= 11 is 0. The number of para-hydroxylation sites is 1. The van der Waals surface area contributed by atoms with Crippen LogP contribution >= 0.6 is 0 Å². The van der Waals surface area contributed by atoms with Gasteiger partial charge in [0, 0.05) is 5.56 Å². The highest BCUT2D eigenvalue weighted by atomic mass is 16.3. The molecule has 1 aromatic carbocycles. The van der Waals surface area contributed by atoms with Crippen LogP contribution in [-0.4, -0.2) is 20.1 Å². The molecule has 0 unspecified atom stereocenters. The van der Waals surface area contributed by atoms with Crippen molar-refractivity contribution in [1.82, 2.24) is 15.0 Å². The molecule has 0 radical (unpaired) electrons. The lowest BCUT2D eigenvalue weighted by atomic mass is 10.2. The van der Waals surface area contributed by atoms with E-state index in [4.69, 9.17) is 5.11 Å². The molecule has 1 aromatic heterocycles. The van der Waals surface area contributed by atoms with Crippen molar-refractivity contribution in [1.29, 1.82) is 0 Å². The average Bonchev–Trinajstić information content (AvgIpc) is 2.70. The number of aromatic nitrogens is 3. The summed E-state index contributed by atoms with van der Waals surface area (Å²) in [5.41, 5.74) is 1.70. The van der Waals surface area contributed by atoms with E-state index in [-0.39, 0.29) is 6.61 Å². The summed E-state index contributed by atoms with van der Waals surface area (Å²) in [6.07, 6.45) is 3.35. The highest BCUT2D eigenvalue weighted by Crippen LogP contribution is 2.12. The van der Waals surface area contributed by atoms with Crippen LogP contribution in [0, 0.1) is 0 Å². The van der Waals surface area contributed by atoms with E-state index in [9.17, 15) is 0 Å². The Morgan fingerprint density at radius 2 is 2.15 bits per heavy atom. The SMILES string of the molecule is OCc1ccccc1-n1ccnn1. The van der Waals surface area contributed by atoms with E-state index in [0.29, 0.717) is 0 Å². The van der Waals surface area contributed by atoms with Gasteiger partial charge in [-0.15, -0.1) is 5.10 Å². The Kier molecular flexibility index (Phi) is 2.06. The molecule has 1 heterocycles. The first kappa shape index (κ1) is 7.94. The Balaban J connectivity index is 2.51. The maximum Gasteiger partial charge on any atom is 0.0718 e. The Hall–Kier alpha value is -1.68. The van der Waals surface area contributed by atoms with Crippen molar-refractivity contribution < 1.29 is 5.11 Å². The number of aliphatic hydroxyl groups is 1. The Labute approximate surface area is 75.4 Å². The number of hydrogen-bond donors (Lipinski definition) is 1. The van der Waals surface area contributed by atoms with Gasteiger partial charge in [0.05, 0.1) is 24.7 Å². The summed E-state index contributed by atoms with van der Waals surface area (Å²) in [6, 6.07) is 7.53. The molecule has 0 bridgehead atoms. The fraction of sp³-hybridized carbons (Fsp3) is 0.111. The molecule has 0 amide bonds. The topological polar surface area (TPSA) is 50.9 Å². The minimum absolute atomic E-state index is 0.00995. The second-order valence-corrected chi connectivity index (χ2v) is 2.63. The highest BCUT2D eigenvalue weighted by molar-refractivity contribution is 5.39. The third-order valence-electron chi connectivity index (χ3n) is 1.83. The molecule has 1 N–H and O–H groups in total. The molecular formula is C9H9N3O. The molecule has 0 aliphatic heterocycles. The largest absolute Gasteiger partial charge is 0.392 e. The van der Waals surface area contributed by atoms with E-state index >= 15 is 0 Å². The second kappa shape index (κ2) is 3.37. The van der Waals surface area contributed by atoms with Crippen molar-refractivity contribution in [2.24, 2.45) is 0 Å². The molecule has 0 aliphatic rings. The molecule has 4 heteroatoms. The highest BCUT2D eigenvalue weighted by Gasteiger charge is 2.01. The lowest BCUT2D eigenvalue weighted by Crippen LogP contribution is -1.99. The quantitative estimate of drug-likeness (QED) is 0.733. The summed E-state index contributed by atoms with van der Waals surface area (Å²) < 4.78 is 1.63.